The molecular weight excluding hydrogens is 170 g/mol. The molecule has 1 aliphatic carbocycles. The zero-order valence-corrected chi connectivity index (χ0v) is 8.12. The van der Waals surface area contributed by atoms with Gasteiger partial charge in [-0.2, -0.15) is 0 Å². The molecule has 0 saturated heterocycles. The second-order valence-electron chi connectivity index (χ2n) is 3.52. The number of carboxylic acid groups (broad SMARTS) is 1. The van der Waals surface area contributed by atoms with Crippen LogP contribution >= 0.6 is 0 Å². The summed E-state index contributed by atoms with van der Waals surface area (Å²) in [4.78, 5) is 10.9. The largest absolute Gasteiger partial charge is 0.481 e. The molecule has 0 aromatic heterocycles. The molecule has 13 heavy (non-hydrogen) atoms. The molecule has 0 spiro atoms. The zero-order chi connectivity index (χ0) is 9.84. The molecule has 4 heteroatoms. The van der Waals surface area contributed by atoms with Crippen LogP contribution in [0.1, 0.15) is 19.3 Å². The first-order valence-corrected chi connectivity index (χ1v) is 4.62. The van der Waals surface area contributed by atoms with Gasteiger partial charge in [0.25, 0.3) is 0 Å². The third-order valence-corrected chi connectivity index (χ3v) is 2.82. The van der Waals surface area contributed by atoms with Gasteiger partial charge in [-0.25, -0.2) is 0 Å². The van der Waals surface area contributed by atoms with Crippen LogP contribution in [0.5, 0.6) is 0 Å². The van der Waals surface area contributed by atoms with Gasteiger partial charge in [0.1, 0.15) is 0 Å². The topological polar surface area (TPSA) is 58.6 Å². The number of methoxy groups -OCH3 is 1. The van der Waals surface area contributed by atoms with Crippen LogP contribution in [0.4, 0.5) is 0 Å². The lowest BCUT2D eigenvalue weighted by Crippen LogP contribution is -2.42. The summed E-state index contributed by atoms with van der Waals surface area (Å²) in [5, 5.41) is 12.1. The summed E-state index contributed by atoms with van der Waals surface area (Å²) in [5.74, 6) is -1.09. The normalized spacial score (nSPS) is 34.5. The molecule has 3 unspecified atom stereocenters. The fourth-order valence-corrected chi connectivity index (χ4v) is 1.95. The minimum atomic E-state index is -0.744. The average Bonchev–Trinajstić information content (AvgIpc) is 2.16. The third-order valence-electron chi connectivity index (χ3n) is 2.82. The molecule has 76 valence electrons. The van der Waals surface area contributed by atoms with Crippen molar-refractivity contribution in [3.05, 3.63) is 0 Å². The van der Waals surface area contributed by atoms with Crippen LogP contribution in [0.2, 0.25) is 0 Å². The van der Waals surface area contributed by atoms with Crippen molar-refractivity contribution in [2.45, 2.75) is 31.4 Å². The van der Waals surface area contributed by atoms with E-state index in [1.54, 1.807) is 7.11 Å². The van der Waals surface area contributed by atoms with Gasteiger partial charge in [-0.1, -0.05) is 0 Å². The monoisotopic (exact) mass is 187 g/mol. The smallest absolute Gasteiger partial charge is 0.309 e. The number of nitrogens with one attached hydrogen (secondary N) is 1. The predicted octanol–water partition coefficient (Wildman–Crippen LogP) is 0.474. The molecule has 4 nitrogen and oxygen atoms in total. The fourth-order valence-electron chi connectivity index (χ4n) is 1.95. The first-order chi connectivity index (χ1) is 6.19. The minimum Gasteiger partial charge on any atom is -0.481 e. The van der Waals surface area contributed by atoms with Crippen LogP contribution in [-0.4, -0.2) is 37.4 Å². The van der Waals surface area contributed by atoms with Gasteiger partial charge in [-0.15, -0.1) is 0 Å². The van der Waals surface area contributed by atoms with Crippen LogP contribution in [0.15, 0.2) is 0 Å². The molecule has 3 atom stereocenters. The van der Waals surface area contributed by atoms with Crippen LogP contribution < -0.4 is 5.32 Å². The van der Waals surface area contributed by atoms with Crippen molar-refractivity contribution in [2.24, 2.45) is 5.92 Å². The molecule has 0 aromatic carbocycles. The summed E-state index contributed by atoms with van der Waals surface area (Å²) < 4.78 is 5.15. The van der Waals surface area contributed by atoms with Gasteiger partial charge < -0.3 is 15.2 Å². The Morgan fingerprint density at radius 2 is 2.23 bits per heavy atom. The van der Waals surface area contributed by atoms with Gasteiger partial charge in [0.15, 0.2) is 0 Å². The van der Waals surface area contributed by atoms with Gasteiger partial charge >= 0.3 is 5.97 Å². The Hall–Kier alpha value is -0.610. The molecular formula is C9H17NO3. The second-order valence-corrected chi connectivity index (χ2v) is 3.52. The Balaban J connectivity index is 2.57. The van der Waals surface area contributed by atoms with E-state index >= 15 is 0 Å². The van der Waals surface area contributed by atoms with Gasteiger partial charge in [-0.05, 0) is 26.3 Å². The highest BCUT2D eigenvalue weighted by Gasteiger charge is 2.34. The van der Waals surface area contributed by atoms with Crippen molar-refractivity contribution in [3.8, 4) is 0 Å². The van der Waals surface area contributed by atoms with E-state index in [0.29, 0.717) is 12.5 Å². The SMILES string of the molecule is CNC1CCC(OC)C(C(=O)O)C1. The van der Waals surface area contributed by atoms with E-state index in [-0.39, 0.29) is 12.0 Å². The maximum Gasteiger partial charge on any atom is 0.309 e. The quantitative estimate of drug-likeness (QED) is 0.674. The van der Waals surface area contributed by atoms with E-state index in [1.165, 1.54) is 0 Å². The van der Waals surface area contributed by atoms with Crippen molar-refractivity contribution in [1.82, 2.24) is 5.32 Å². The summed E-state index contributed by atoms with van der Waals surface area (Å²) in [6.45, 7) is 0. The van der Waals surface area contributed by atoms with Crippen molar-refractivity contribution in [2.75, 3.05) is 14.2 Å². The van der Waals surface area contributed by atoms with E-state index in [0.717, 1.165) is 12.8 Å². The second kappa shape index (κ2) is 4.58. The molecule has 0 heterocycles. The Morgan fingerprint density at radius 3 is 2.69 bits per heavy atom. The molecule has 0 aliphatic heterocycles. The van der Waals surface area contributed by atoms with Crippen molar-refractivity contribution < 1.29 is 14.6 Å². The van der Waals surface area contributed by atoms with Gasteiger partial charge in [0.05, 0.1) is 12.0 Å². The van der Waals surface area contributed by atoms with Crippen LogP contribution in [0, 0.1) is 5.92 Å². The van der Waals surface area contributed by atoms with Gasteiger partial charge in [-0.3, -0.25) is 4.79 Å². The van der Waals surface area contributed by atoms with E-state index in [1.807, 2.05) is 7.05 Å². The predicted molar refractivity (Wildman–Crippen MR) is 48.6 cm³/mol. The number of ether oxygens (including phenoxy) is 1. The molecule has 0 amide bonds. The van der Waals surface area contributed by atoms with Crippen LogP contribution in [0.25, 0.3) is 0 Å². The molecule has 2 N–H and O–H groups in total. The van der Waals surface area contributed by atoms with Crippen molar-refractivity contribution >= 4 is 5.97 Å². The molecule has 1 fully saturated rings. The maximum atomic E-state index is 10.9. The number of hydrogen-bond donors (Lipinski definition) is 2. The van der Waals surface area contributed by atoms with E-state index in [2.05, 4.69) is 5.32 Å². The number of aliphatic carboxylic acids is 1. The maximum absolute atomic E-state index is 10.9. The third kappa shape index (κ3) is 2.42. The summed E-state index contributed by atoms with van der Waals surface area (Å²) in [6.07, 6.45) is 2.39. The molecule has 0 aromatic rings. The van der Waals surface area contributed by atoms with Crippen LogP contribution in [0.3, 0.4) is 0 Å². The lowest BCUT2D eigenvalue weighted by molar-refractivity contribution is -0.149. The minimum absolute atomic E-state index is 0.109. The Kier molecular flexibility index (Phi) is 3.69. The number of hydrogen-bond acceptors (Lipinski definition) is 3. The van der Waals surface area contributed by atoms with E-state index in [9.17, 15) is 4.79 Å². The van der Waals surface area contributed by atoms with Crippen LogP contribution in [-0.2, 0) is 9.53 Å². The fraction of sp³-hybridized carbons (Fsp3) is 0.889. The Bertz CT molecular complexity index is 184. The number of carboxylic acids is 1. The van der Waals surface area contributed by atoms with Crippen molar-refractivity contribution in [1.29, 1.82) is 0 Å². The first kappa shape index (κ1) is 10.5. The van der Waals surface area contributed by atoms with Gasteiger partial charge in [0.2, 0.25) is 0 Å². The first-order valence-electron chi connectivity index (χ1n) is 4.62. The zero-order valence-electron chi connectivity index (χ0n) is 8.12. The Labute approximate surface area is 78.3 Å². The highest BCUT2D eigenvalue weighted by atomic mass is 16.5. The number of rotatable bonds is 3. The lowest BCUT2D eigenvalue weighted by atomic mass is 9.83. The molecule has 1 aliphatic rings. The molecule has 0 radical (unpaired) electrons. The lowest BCUT2D eigenvalue weighted by Gasteiger charge is -2.32. The number of carbonyl (C=O) groups is 1. The van der Waals surface area contributed by atoms with E-state index in [4.69, 9.17) is 9.84 Å². The summed E-state index contributed by atoms with van der Waals surface area (Å²) in [6, 6.07) is 0.326. The van der Waals surface area contributed by atoms with Crippen molar-refractivity contribution in [3.63, 3.8) is 0 Å². The molecule has 0 bridgehead atoms. The highest BCUT2D eigenvalue weighted by molar-refractivity contribution is 5.71. The average molecular weight is 187 g/mol. The van der Waals surface area contributed by atoms with E-state index < -0.39 is 5.97 Å². The highest BCUT2D eigenvalue weighted by Crippen LogP contribution is 2.26. The summed E-state index contributed by atoms with van der Waals surface area (Å²) in [7, 11) is 3.46. The molecule has 1 rings (SSSR count). The Morgan fingerprint density at radius 1 is 1.54 bits per heavy atom. The van der Waals surface area contributed by atoms with Gasteiger partial charge in [0, 0.05) is 13.2 Å². The standard InChI is InChI=1S/C9H17NO3/c1-10-6-3-4-8(13-2)7(5-6)9(11)12/h6-8,10H,3-5H2,1-2H3,(H,11,12). The summed E-state index contributed by atoms with van der Waals surface area (Å²) in [5.41, 5.74) is 0. The molecule has 1 saturated carbocycles. The summed E-state index contributed by atoms with van der Waals surface area (Å²) >= 11 is 0.